The number of anilines is 1. The molecule has 2 atom stereocenters. The number of ether oxygens (including phenoxy) is 1. The number of rotatable bonds is 4. The highest BCUT2D eigenvalue weighted by atomic mass is 16.6. The molecule has 1 aromatic heterocycles. The highest BCUT2D eigenvalue weighted by molar-refractivity contribution is 5.77. The van der Waals surface area contributed by atoms with E-state index >= 15 is 0 Å². The van der Waals surface area contributed by atoms with Crippen LogP contribution in [0.3, 0.4) is 0 Å². The van der Waals surface area contributed by atoms with Crippen molar-refractivity contribution < 1.29 is 14.1 Å². The Bertz CT molecular complexity index is 640. The lowest BCUT2D eigenvalue weighted by atomic mass is 10.2. The molecule has 1 fully saturated rings. The average Bonchev–Trinajstić information content (AvgIpc) is 3.03. The van der Waals surface area contributed by atoms with E-state index in [1.165, 1.54) is 12.1 Å². The molecule has 1 N–H and O–H groups in total. The van der Waals surface area contributed by atoms with Gasteiger partial charge in [-0.05, 0) is 25.3 Å². The standard InChI is InChI=1S/C13H15N3O4/c1-19-10-4-2-8(6-10)14-13-15-11-7-9(16(17)18)3-5-12(11)20-13/h3,5,7-8,10H,2,4,6H2,1H3,(H,14,15). The zero-order chi connectivity index (χ0) is 14.1. The number of nitrogens with zero attached hydrogens (tertiary/aromatic N) is 2. The van der Waals surface area contributed by atoms with Crippen LogP contribution in [0.4, 0.5) is 11.7 Å². The number of nitro groups is 1. The Morgan fingerprint density at radius 2 is 2.35 bits per heavy atom. The SMILES string of the molecule is COC1CCC(Nc2nc3cc([N+](=O)[O-])ccc3o2)C1. The minimum Gasteiger partial charge on any atom is -0.424 e. The highest BCUT2D eigenvalue weighted by Crippen LogP contribution is 2.27. The maximum Gasteiger partial charge on any atom is 0.295 e. The van der Waals surface area contributed by atoms with Gasteiger partial charge >= 0.3 is 0 Å². The Kier molecular flexibility index (Phi) is 3.27. The molecule has 1 aliphatic carbocycles. The first-order valence-electron chi connectivity index (χ1n) is 6.50. The van der Waals surface area contributed by atoms with E-state index in [1.807, 2.05) is 0 Å². The molecule has 20 heavy (non-hydrogen) atoms. The molecule has 7 nitrogen and oxygen atoms in total. The molecule has 1 heterocycles. The highest BCUT2D eigenvalue weighted by Gasteiger charge is 2.25. The molecule has 1 aromatic carbocycles. The minimum absolute atomic E-state index is 0.0117. The third-order valence-electron chi connectivity index (χ3n) is 3.63. The van der Waals surface area contributed by atoms with E-state index in [0.717, 1.165) is 19.3 Å². The third-order valence-corrected chi connectivity index (χ3v) is 3.63. The number of benzene rings is 1. The van der Waals surface area contributed by atoms with Crippen LogP contribution in [0.5, 0.6) is 0 Å². The van der Waals surface area contributed by atoms with Crippen LogP contribution in [0.25, 0.3) is 11.1 Å². The van der Waals surface area contributed by atoms with Crippen LogP contribution in [-0.4, -0.2) is 29.2 Å². The van der Waals surface area contributed by atoms with E-state index in [0.29, 0.717) is 17.1 Å². The topological polar surface area (TPSA) is 90.4 Å². The van der Waals surface area contributed by atoms with E-state index in [2.05, 4.69) is 10.3 Å². The largest absolute Gasteiger partial charge is 0.424 e. The van der Waals surface area contributed by atoms with Crippen molar-refractivity contribution in [2.24, 2.45) is 0 Å². The zero-order valence-electron chi connectivity index (χ0n) is 11.0. The van der Waals surface area contributed by atoms with Gasteiger partial charge in [0.2, 0.25) is 0 Å². The maximum absolute atomic E-state index is 10.7. The van der Waals surface area contributed by atoms with Gasteiger partial charge in [-0.3, -0.25) is 10.1 Å². The van der Waals surface area contributed by atoms with E-state index < -0.39 is 4.92 Å². The van der Waals surface area contributed by atoms with Gasteiger partial charge < -0.3 is 14.5 Å². The van der Waals surface area contributed by atoms with Crippen molar-refractivity contribution in [1.29, 1.82) is 0 Å². The smallest absolute Gasteiger partial charge is 0.295 e. The molecule has 1 saturated carbocycles. The summed E-state index contributed by atoms with van der Waals surface area (Å²) >= 11 is 0. The van der Waals surface area contributed by atoms with Crippen molar-refractivity contribution in [3.05, 3.63) is 28.3 Å². The predicted octanol–water partition coefficient (Wildman–Crippen LogP) is 2.72. The number of oxazole rings is 1. The lowest BCUT2D eigenvalue weighted by Gasteiger charge is -2.10. The van der Waals surface area contributed by atoms with Crippen LogP contribution in [0.1, 0.15) is 19.3 Å². The van der Waals surface area contributed by atoms with Crippen molar-refractivity contribution in [1.82, 2.24) is 4.98 Å². The predicted molar refractivity (Wildman–Crippen MR) is 72.7 cm³/mol. The molecule has 0 amide bonds. The van der Waals surface area contributed by atoms with Gasteiger partial charge in [0.1, 0.15) is 5.52 Å². The molecule has 0 aliphatic heterocycles. The number of aromatic nitrogens is 1. The number of non-ortho nitro benzene ring substituents is 1. The van der Waals surface area contributed by atoms with Crippen molar-refractivity contribution in [2.75, 3.05) is 12.4 Å². The molecule has 7 heteroatoms. The summed E-state index contributed by atoms with van der Waals surface area (Å²) < 4.78 is 10.9. The Hall–Kier alpha value is -2.15. The quantitative estimate of drug-likeness (QED) is 0.682. The number of fused-ring (bicyclic) bond motifs is 1. The first-order chi connectivity index (χ1) is 9.65. The number of nitro benzene ring substituents is 1. The molecule has 3 rings (SSSR count). The minimum atomic E-state index is -0.443. The molecular formula is C13H15N3O4. The van der Waals surface area contributed by atoms with Crippen LogP contribution in [0.15, 0.2) is 22.6 Å². The zero-order valence-corrected chi connectivity index (χ0v) is 11.0. The fourth-order valence-electron chi connectivity index (χ4n) is 2.55. The molecule has 0 bridgehead atoms. The van der Waals surface area contributed by atoms with Crippen LogP contribution >= 0.6 is 0 Å². The van der Waals surface area contributed by atoms with Gasteiger partial charge in [0.15, 0.2) is 5.58 Å². The summed E-state index contributed by atoms with van der Waals surface area (Å²) in [6.45, 7) is 0. The van der Waals surface area contributed by atoms with Crippen LogP contribution in [-0.2, 0) is 4.74 Å². The number of methoxy groups -OCH3 is 1. The van der Waals surface area contributed by atoms with Crippen LogP contribution < -0.4 is 5.32 Å². The number of hydrogen-bond donors (Lipinski definition) is 1. The normalized spacial score (nSPS) is 22.2. The molecule has 0 saturated heterocycles. The van der Waals surface area contributed by atoms with Gasteiger partial charge in [-0.2, -0.15) is 4.98 Å². The monoisotopic (exact) mass is 277 g/mol. The summed E-state index contributed by atoms with van der Waals surface area (Å²) in [6.07, 6.45) is 3.20. The van der Waals surface area contributed by atoms with Crippen molar-refractivity contribution >= 4 is 22.8 Å². The lowest BCUT2D eigenvalue weighted by molar-refractivity contribution is -0.384. The molecule has 106 valence electrons. The fourth-order valence-corrected chi connectivity index (χ4v) is 2.55. The Labute approximate surface area is 115 Å². The van der Waals surface area contributed by atoms with Crippen molar-refractivity contribution in [3.63, 3.8) is 0 Å². The van der Waals surface area contributed by atoms with E-state index in [4.69, 9.17) is 9.15 Å². The number of nitrogens with one attached hydrogen (secondary N) is 1. The summed E-state index contributed by atoms with van der Waals surface area (Å²) in [7, 11) is 1.71. The summed E-state index contributed by atoms with van der Waals surface area (Å²) in [4.78, 5) is 14.5. The van der Waals surface area contributed by atoms with E-state index in [-0.39, 0.29) is 17.8 Å². The van der Waals surface area contributed by atoms with Gasteiger partial charge in [-0.25, -0.2) is 0 Å². The van der Waals surface area contributed by atoms with Crippen LogP contribution in [0, 0.1) is 10.1 Å². The second-order valence-corrected chi connectivity index (χ2v) is 4.94. The second-order valence-electron chi connectivity index (χ2n) is 4.94. The summed E-state index contributed by atoms with van der Waals surface area (Å²) in [5, 5.41) is 13.9. The molecule has 2 aromatic rings. The first kappa shape index (κ1) is 12.9. The van der Waals surface area contributed by atoms with E-state index in [1.54, 1.807) is 13.2 Å². The van der Waals surface area contributed by atoms with Crippen LogP contribution in [0.2, 0.25) is 0 Å². The van der Waals surface area contributed by atoms with E-state index in [9.17, 15) is 10.1 Å². The van der Waals surface area contributed by atoms with Gasteiger partial charge in [-0.1, -0.05) is 0 Å². The lowest BCUT2D eigenvalue weighted by Crippen LogP contribution is -2.17. The molecule has 2 unspecified atom stereocenters. The summed E-state index contributed by atoms with van der Waals surface area (Å²) in [5.74, 6) is 0. The van der Waals surface area contributed by atoms with Crippen molar-refractivity contribution in [2.45, 2.75) is 31.4 Å². The number of hydrogen-bond acceptors (Lipinski definition) is 6. The summed E-state index contributed by atoms with van der Waals surface area (Å²) in [5.41, 5.74) is 1.04. The Morgan fingerprint density at radius 3 is 3.05 bits per heavy atom. The van der Waals surface area contributed by atoms with Gasteiger partial charge in [-0.15, -0.1) is 0 Å². The first-order valence-corrected chi connectivity index (χ1v) is 6.50. The Balaban J connectivity index is 1.77. The molecular weight excluding hydrogens is 262 g/mol. The molecule has 0 spiro atoms. The second kappa shape index (κ2) is 5.09. The fraction of sp³-hybridized carbons (Fsp3) is 0.462. The third kappa shape index (κ3) is 2.44. The maximum atomic E-state index is 10.7. The average molecular weight is 277 g/mol. The van der Waals surface area contributed by atoms with Gasteiger partial charge in [0.05, 0.1) is 11.0 Å². The molecule has 1 aliphatic rings. The van der Waals surface area contributed by atoms with Gasteiger partial charge in [0, 0.05) is 25.3 Å². The summed E-state index contributed by atoms with van der Waals surface area (Å²) in [6, 6.07) is 5.06. The Morgan fingerprint density at radius 1 is 1.50 bits per heavy atom. The van der Waals surface area contributed by atoms with Crippen molar-refractivity contribution in [3.8, 4) is 0 Å². The van der Waals surface area contributed by atoms with Gasteiger partial charge in [0.25, 0.3) is 11.7 Å². The molecule has 0 radical (unpaired) electrons.